The van der Waals surface area contributed by atoms with Crippen LogP contribution in [0.5, 0.6) is 0 Å². The van der Waals surface area contributed by atoms with Gasteiger partial charge in [0.15, 0.2) is 8.32 Å². The Kier molecular flexibility index (Phi) is 6.25. The molecule has 2 rings (SSSR count). The zero-order valence-electron chi connectivity index (χ0n) is 11.8. The van der Waals surface area contributed by atoms with Crippen molar-refractivity contribution >= 4 is 8.32 Å². The molecular weight excluding hydrogens is 264 g/mol. The van der Waals surface area contributed by atoms with Crippen molar-refractivity contribution in [3.8, 4) is 0 Å². The van der Waals surface area contributed by atoms with E-state index in [1.807, 2.05) is 0 Å². The normalized spacial score (nSPS) is 28.1. The summed E-state index contributed by atoms with van der Waals surface area (Å²) in [5, 5.41) is 0. The Labute approximate surface area is 116 Å². The van der Waals surface area contributed by atoms with Crippen LogP contribution in [0.4, 0.5) is 0 Å². The molecule has 2 saturated heterocycles. The highest BCUT2D eigenvalue weighted by Crippen LogP contribution is 2.21. The molecule has 0 aromatic rings. The quantitative estimate of drug-likeness (QED) is 0.332. The number of hydrogen-bond acceptors (Lipinski definition) is 5. The molecule has 2 aliphatic heterocycles. The lowest BCUT2D eigenvalue weighted by Crippen LogP contribution is -2.37. The first-order valence-corrected chi connectivity index (χ1v) is 9.90. The Balaban J connectivity index is 1.55. The Hall–Kier alpha value is 0.0169. The van der Waals surface area contributed by atoms with E-state index in [2.05, 4.69) is 6.92 Å². The van der Waals surface area contributed by atoms with E-state index in [1.54, 1.807) is 0 Å². The molecule has 2 heterocycles. The maximum absolute atomic E-state index is 10.7. The fraction of sp³-hybridized carbons (Fsp3) is 1.00. The summed E-state index contributed by atoms with van der Waals surface area (Å²) < 4.78 is 21.3. The average Bonchev–Trinajstić information content (AvgIpc) is 3.26. The zero-order chi connectivity index (χ0) is 13.6. The topological polar surface area (TPSA) is 63.8 Å². The Bertz CT molecular complexity index is 235. The smallest absolute Gasteiger partial charge is 0.193 e. The van der Waals surface area contributed by atoms with Gasteiger partial charge in [0.25, 0.3) is 0 Å². The van der Waals surface area contributed by atoms with E-state index in [4.69, 9.17) is 18.9 Å². The van der Waals surface area contributed by atoms with Crippen molar-refractivity contribution in [2.75, 3.05) is 39.6 Å². The third-order valence-corrected chi connectivity index (χ3v) is 7.25. The second-order valence-corrected chi connectivity index (χ2v) is 9.48. The monoisotopic (exact) mass is 290 g/mol. The minimum absolute atomic E-state index is 0.308. The molecule has 0 saturated carbocycles. The summed E-state index contributed by atoms with van der Waals surface area (Å²) in [6.07, 6.45) is 1.64. The van der Waals surface area contributed by atoms with Gasteiger partial charge in [-0.3, -0.25) is 0 Å². The lowest BCUT2D eigenvalue weighted by atomic mass is 10.5. The molecule has 5 nitrogen and oxygen atoms in total. The third kappa shape index (κ3) is 6.83. The molecular formula is C13H26O5Si. The standard InChI is InChI=1S/C13H26O5Si/c1-2-5-19(14,6-3-15-8-12-10-17-12)7-4-16-9-13-11-18-13/h12-14H,2-11H2,1H3. The van der Waals surface area contributed by atoms with E-state index in [-0.39, 0.29) is 0 Å². The summed E-state index contributed by atoms with van der Waals surface area (Å²) in [5.74, 6) is 0. The zero-order valence-corrected chi connectivity index (χ0v) is 12.8. The predicted molar refractivity (Wildman–Crippen MR) is 73.8 cm³/mol. The fourth-order valence-corrected chi connectivity index (χ4v) is 4.85. The van der Waals surface area contributed by atoms with E-state index in [0.717, 1.165) is 37.8 Å². The maximum atomic E-state index is 10.7. The molecule has 2 unspecified atom stereocenters. The molecule has 2 fully saturated rings. The molecule has 0 amide bonds. The molecule has 112 valence electrons. The first-order chi connectivity index (χ1) is 9.22. The van der Waals surface area contributed by atoms with Gasteiger partial charge in [-0.2, -0.15) is 0 Å². The summed E-state index contributed by atoms with van der Waals surface area (Å²) in [6.45, 7) is 6.41. The SMILES string of the molecule is CCC[Si](O)(CCOCC1CO1)CCOCC1CO1. The van der Waals surface area contributed by atoms with Gasteiger partial charge in [-0.25, -0.2) is 0 Å². The highest BCUT2D eigenvalue weighted by Gasteiger charge is 2.31. The molecule has 2 aliphatic rings. The third-order valence-electron chi connectivity index (χ3n) is 3.55. The van der Waals surface area contributed by atoms with Crippen molar-refractivity contribution in [1.82, 2.24) is 0 Å². The van der Waals surface area contributed by atoms with Gasteiger partial charge in [0.1, 0.15) is 12.2 Å². The molecule has 0 aromatic carbocycles. The van der Waals surface area contributed by atoms with Crippen LogP contribution in [0.1, 0.15) is 13.3 Å². The fourth-order valence-electron chi connectivity index (χ4n) is 2.12. The van der Waals surface area contributed by atoms with Gasteiger partial charge in [0, 0.05) is 13.2 Å². The lowest BCUT2D eigenvalue weighted by molar-refractivity contribution is 0.119. The maximum Gasteiger partial charge on any atom is 0.193 e. The summed E-state index contributed by atoms with van der Waals surface area (Å²) in [5.41, 5.74) is 0. The van der Waals surface area contributed by atoms with E-state index >= 15 is 0 Å². The second kappa shape index (κ2) is 7.71. The van der Waals surface area contributed by atoms with Crippen molar-refractivity contribution in [2.24, 2.45) is 0 Å². The summed E-state index contributed by atoms with van der Waals surface area (Å²) in [4.78, 5) is 10.7. The first-order valence-electron chi connectivity index (χ1n) is 7.33. The van der Waals surface area contributed by atoms with Crippen LogP contribution in [0, 0.1) is 0 Å². The molecule has 2 atom stereocenters. The van der Waals surface area contributed by atoms with Crippen LogP contribution < -0.4 is 0 Å². The number of hydrogen-bond donors (Lipinski definition) is 1. The number of epoxide rings is 2. The molecule has 0 bridgehead atoms. The molecule has 0 radical (unpaired) electrons. The van der Waals surface area contributed by atoms with Crippen molar-refractivity contribution in [3.05, 3.63) is 0 Å². The predicted octanol–water partition coefficient (Wildman–Crippen LogP) is 1.16. The lowest BCUT2D eigenvalue weighted by Gasteiger charge is -2.24. The molecule has 0 spiro atoms. The van der Waals surface area contributed by atoms with Gasteiger partial charge < -0.3 is 23.7 Å². The van der Waals surface area contributed by atoms with Crippen LogP contribution >= 0.6 is 0 Å². The first kappa shape index (κ1) is 15.4. The van der Waals surface area contributed by atoms with E-state index < -0.39 is 8.32 Å². The number of ether oxygens (including phenoxy) is 4. The molecule has 1 N–H and O–H groups in total. The van der Waals surface area contributed by atoms with Crippen molar-refractivity contribution in [3.63, 3.8) is 0 Å². The van der Waals surface area contributed by atoms with E-state index in [0.29, 0.717) is 38.6 Å². The highest BCUT2D eigenvalue weighted by atomic mass is 28.4. The van der Waals surface area contributed by atoms with E-state index in [1.165, 1.54) is 0 Å². The minimum atomic E-state index is -2.18. The minimum Gasteiger partial charge on any atom is -0.432 e. The summed E-state index contributed by atoms with van der Waals surface area (Å²) >= 11 is 0. The van der Waals surface area contributed by atoms with Crippen molar-refractivity contribution in [2.45, 2.75) is 43.7 Å². The van der Waals surface area contributed by atoms with E-state index in [9.17, 15) is 4.80 Å². The molecule has 19 heavy (non-hydrogen) atoms. The van der Waals surface area contributed by atoms with Gasteiger partial charge in [-0.15, -0.1) is 0 Å². The molecule has 0 aromatic heterocycles. The Morgan fingerprint density at radius 3 is 1.84 bits per heavy atom. The van der Waals surface area contributed by atoms with Crippen LogP contribution in [-0.4, -0.2) is 65.0 Å². The van der Waals surface area contributed by atoms with Gasteiger partial charge in [-0.1, -0.05) is 13.3 Å². The van der Waals surface area contributed by atoms with Gasteiger partial charge in [-0.05, 0) is 18.1 Å². The van der Waals surface area contributed by atoms with Crippen LogP contribution in [0.25, 0.3) is 0 Å². The summed E-state index contributed by atoms with van der Waals surface area (Å²) in [6, 6.07) is 2.53. The van der Waals surface area contributed by atoms with Gasteiger partial charge in [0.05, 0.1) is 26.4 Å². The summed E-state index contributed by atoms with van der Waals surface area (Å²) in [7, 11) is -2.18. The molecule has 0 aliphatic carbocycles. The average molecular weight is 290 g/mol. The number of rotatable bonds is 12. The van der Waals surface area contributed by atoms with Crippen molar-refractivity contribution in [1.29, 1.82) is 0 Å². The largest absolute Gasteiger partial charge is 0.432 e. The van der Waals surface area contributed by atoms with Gasteiger partial charge in [0.2, 0.25) is 0 Å². The van der Waals surface area contributed by atoms with Crippen molar-refractivity contribution < 1.29 is 23.7 Å². The highest BCUT2D eigenvalue weighted by molar-refractivity contribution is 6.72. The second-order valence-electron chi connectivity index (χ2n) is 5.53. The Morgan fingerprint density at radius 2 is 1.47 bits per heavy atom. The van der Waals surface area contributed by atoms with Crippen LogP contribution in [0.2, 0.25) is 18.1 Å². The van der Waals surface area contributed by atoms with Crippen LogP contribution in [0.3, 0.4) is 0 Å². The van der Waals surface area contributed by atoms with Crippen LogP contribution in [0.15, 0.2) is 0 Å². The van der Waals surface area contributed by atoms with Gasteiger partial charge >= 0.3 is 0 Å². The Morgan fingerprint density at radius 1 is 1.00 bits per heavy atom. The van der Waals surface area contributed by atoms with Crippen LogP contribution in [-0.2, 0) is 18.9 Å². The molecule has 6 heteroatoms.